The number of thioether (sulfide) groups is 1. The topological polar surface area (TPSA) is 154 Å². The lowest BCUT2D eigenvalue weighted by Crippen LogP contribution is -2.38. The summed E-state index contributed by atoms with van der Waals surface area (Å²) in [6.07, 6.45) is 0. The Morgan fingerprint density at radius 1 is 1.35 bits per heavy atom. The number of carboxylic acids is 2. The molecule has 0 aliphatic carbocycles. The van der Waals surface area contributed by atoms with E-state index in [0.29, 0.717) is 5.75 Å². The molecule has 17 heavy (non-hydrogen) atoms. The van der Waals surface area contributed by atoms with Crippen LogP contribution in [0.25, 0.3) is 0 Å². The molecule has 2 unspecified atom stereocenters. The van der Waals surface area contributed by atoms with Gasteiger partial charge in [-0.3, -0.25) is 9.59 Å². The molecule has 0 fully saturated rings. The number of aliphatic carboxylic acids is 2. The van der Waals surface area contributed by atoms with Gasteiger partial charge in [-0.2, -0.15) is 16.0 Å². The quantitative estimate of drug-likeness (QED) is 0.389. The Morgan fingerprint density at radius 2 is 1.82 bits per heavy atom. The Bertz CT molecular complexity index is 283. The minimum absolute atomic E-state index is 0.209. The number of hydrogen-bond donors (Lipinski definition) is 5. The molecule has 0 bridgehead atoms. The smallest absolute Gasteiger partial charge is 0.321 e. The number of likely N-dealkylation sites (N-methyl/N-ethyl adjacent to an activating group) is 1. The van der Waals surface area contributed by atoms with Crippen molar-refractivity contribution in [3.8, 4) is 0 Å². The van der Waals surface area contributed by atoms with Crippen molar-refractivity contribution in [2.45, 2.75) is 12.1 Å². The number of nitrogens with two attached hydrogens (primary N) is 1. The zero-order valence-electron chi connectivity index (χ0n) is 9.08. The lowest BCUT2D eigenvalue weighted by atomic mass is 10.3. The summed E-state index contributed by atoms with van der Waals surface area (Å²) in [6, 6.07) is -1.60. The molecule has 6 N–H and O–H groups in total. The minimum atomic E-state index is -1.08. The molecular formula is C7H15N3O5S2. The molecule has 0 radical (unpaired) electrons. The molecule has 2 atom stereocenters. The Kier molecular flexibility index (Phi) is 12.5. The van der Waals surface area contributed by atoms with Crippen LogP contribution in [0.15, 0.2) is 0 Å². The lowest BCUT2D eigenvalue weighted by molar-refractivity contribution is -0.139. The van der Waals surface area contributed by atoms with E-state index in [2.05, 4.69) is 5.32 Å². The Labute approximate surface area is 106 Å². The molecule has 0 rings (SSSR count). The predicted octanol–water partition coefficient (Wildman–Crippen LogP) is -1.23. The van der Waals surface area contributed by atoms with Gasteiger partial charge in [0.15, 0.2) is 11.5 Å². The van der Waals surface area contributed by atoms with Crippen molar-refractivity contribution < 1.29 is 24.0 Å². The summed E-state index contributed by atoms with van der Waals surface area (Å²) in [6.45, 7) is 0. The van der Waals surface area contributed by atoms with E-state index in [0.717, 1.165) is 0 Å². The van der Waals surface area contributed by atoms with Gasteiger partial charge < -0.3 is 21.3 Å². The first-order valence-corrected chi connectivity index (χ1v) is 6.22. The minimum Gasteiger partial charge on any atom is -0.480 e. The molecule has 0 aromatic rings. The molecule has 0 spiro atoms. The molecule has 0 saturated carbocycles. The van der Waals surface area contributed by atoms with Crippen molar-refractivity contribution in [3.63, 3.8) is 0 Å². The van der Waals surface area contributed by atoms with Gasteiger partial charge in [-0.1, -0.05) is 0 Å². The Hall–Kier alpha value is -0.970. The molecule has 0 amide bonds. The van der Waals surface area contributed by atoms with E-state index in [9.17, 15) is 9.59 Å². The largest absolute Gasteiger partial charge is 0.480 e. The van der Waals surface area contributed by atoms with Crippen LogP contribution >= 0.6 is 11.8 Å². The average Bonchev–Trinajstić information content (AvgIpc) is 2.24. The third kappa shape index (κ3) is 11.3. The van der Waals surface area contributed by atoms with Crippen LogP contribution in [0.2, 0.25) is 0 Å². The molecule has 0 aliphatic rings. The first kappa shape index (κ1) is 18.4. The van der Waals surface area contributed by atoms with Gasteiger partial charge in [0, 0.05) is 11.5 Å². The van der Waals surface area contributed by atoms with Gasteiger partial charge >= 0.3 is 11.9 Å². The highest BCUT2D eigenvalue weighted by Gasteiger charge is 2.17. The molecule has 0 heterocycles. The summed E-state index contributed by atoms with van der Waals surface area (Å²) >= 11 is 0.952. The highest BCUT2D eigenvalue weighted by atomic mass is 32.2. The highest BCUT2D eigenvalue weighted by molar-refractivity contribution is 7.99. The Morgan fingerprint density at radius 3 is 2.12 bits per heavy atom. The second kappa shape index (κ2) is 11.5. The fourth-order valence-electron chi connectivity index (χ4n) is 0.662. The number of carboxylic acid groups (broad SMARTS) is 2. The van der Waals surface area contributed by atoms with E-state index in [4.69, 9.17) is 24.9 Å². The van der Waals surface area contributed by atoms with Gasteiger partial charge in [-0.05, 0) is 7.05 Å². The molecular weight excluding hydrogens is 270 g/mol. The van der Waals surface area contributed by atoms with Crippen molar-refractivity contribution in [2.75, 3.05) is 18.6 Å². The third-order valence-corrected chi connectivity index (χ3v) is 2.71. The van der Waals surface area contributed by atoms with Crippen LogP contribution in [0.1, 0.15) is 0 Å². The third-order valence-electron chi connectivity index (χ3n) is 1.55. The first-order chi connectivity index (χ1) is 7.90. The normalized spacial score (nSPS) is 12.8. The average molecular weight is 285 g/mol. The van der Waals surface area contributed by atoms with Crippen molar-refractivity contribution in [2.24, 2.45) is 5.73 Å². The maximum absolute atomic E-state index is 10.5. The monoisotopic (exact) mass is 285 g/mol. The van der Waals surface area contributed by atoms with E-state index in [1.807, 2.05) is 0 Å². The molecule has 0 saturated heterocycles. The van der Waals surface area contributed by atoms with E-state index in [-0.39, 0.29) is 17.2 Å². The Balaban J connectivity index is 0. The van der Waals surface area contributed by atoms with Crippen LogP contribution in [-0.4, -0.2) is 57.0 Å². The van der Waals surface area contributed by atoms with Crippen LogP contribution in [0.3, 0.4) is 0 Å². The summed E-state index contributed by atoms with van der Waals surface area (Å²) in [7, 11) is 1.54. The van der Waals surface area contributed by atoms with Crippen molar-refractivity contribution in [1.82, 2.24) is 5.32 Å². The van der Waals surface area contributed by atoms with Gasteiger partial charge in [-0.25, -0.2) is 4.78 Å². The van der Waals surface area contributed by atoms with Gasteiger partial charge in [0.1, 0.15) is 12.1 Å². The summed E-state index contributed by atoms with van der Waals surface area (Å²) in [5.41, 5.74) is 5.23. The summed E-state index contributed by atoms with van der Waals surface area (Å²) < 4.78 is 14.1. The van der Waals surface area contributed by atoms with Crippen LogP contribution in [0.5, 0.6) is 0 Å². The van der Waals surface area contributed by atoms with Gasteiger partial charge in [0.2, 0.25) is 0 Å². The zero-order chi connectivity index (χ0) is 13.8. The first-order valence-electron chi connectivity index (χ1n) is 4.32. The predicted molar refractivity (Wildman–Crippen MR) is 64.3 cm³/mol. The van der Waals surface area contributed by atoms with Crippen molar-refractivity contribution in [3.05, 3.63) is 0 Å². The molecule has 0 aromatic carbocycles. The van der Waals surface area contributed by atoms with Gasteiger partial charge in [0.25, 0.3) is 0 Å². The molecule has 100 valence electrons. The SMILES string of the molecule is CNC(CSCC(N)C(=O)O)C(=O)O.N=S=O. The molecule has 10 heteroatoms. The summed E-state index contributed by atoms with van der Waals surface area (Å²) in [4.78, 5) is 20.8. The second-order valence-corrected chi connectivity index (χ2v) is 3.99. The van der Waals surface area contributed by atoms with E-state index in [1.165, 1.54) is 18.8 Å². The zero-order valence-corrected chi connectivity index (χ0v) is 10.7. The molecule has 8 nitrogen and oxygen atoms in total. The van der Waals surface area contributed by atoms with E-state index >= 15 is 0 Å². The maximum Gasteiger partial charge on any atom is 0.321 e. The fraction of sp³-hybridized carbons (Fsp3) is 0.714. The lowest BCUT2D eigenvalue weighted by Gasteiger charge is -2.11. The van der Waals surface area contributed by atoms with Crippen molar-refractivity contribution >= 4 is 35.2 Å². The van der Waals surface area contributed by atoms with Crippen molar-refractivity contribution in [1.29, 1.82) is 4.78 Å². The van der Waals surface area contributed by atoms with Crippen LogP contribution in [0.4, 0.5) is 0 Å². The van der Waals surface area contributed by atoms with Gasteiger partial charge in [-0.15, -0.1) is 0 Å². The van der Waals surface area contributed by atoms with E-state index in [1.54, 1.807) is 0 Å². The molecule has 0 aliphatic heterocycles. The van der Waals surface area contributed by atoms with Gasteiger partial charge in [0.05, 0.1) is 0 Å². The number of hydrogen-bond acceptors (Lipinski definition) is 7. The standard InChI is InChI=1S/C7H14N2O4S.HNOS/c1-9-5(7(12)13)3-14-2-4(8)6(10)11;1-3-2/h4-5,9H,2-3,8H2,1H3,(H,10,11)(H,12,13);1H. The van der Waals surface area contributed by atoms with Crippen LogP contribution in [0, 0.1) is 4.78 Å². The fourth-order valence-corrected chi connectivity index (χ4v) is 1.74. The summed E-state index contributed by atoms with van der Waals surface area (Å²) in [5.74, 6) is -1.52. The van der Waals surface area contributed by atoms with E-state index < -0.39 is 24.0 Å². The highest BCUT2D eigenvalue weighted by Crippen LogP contribution is 2.04. The second-order valence-electron chi connectivity index (χ2n) is 2.75. The molecule has 0 aromatic heterocycles. The maximum atomic E-state index is 10.5. The number of rotatable bonds is 7. The van der Waals surface area contributed by atoms with Crippen LogP contribution < -0.4 is 11.1 Å². The van der Waals surface area contributed by atoms with Crippen LogP contribution in [-0.2, 0) is 21.1 Å². The summed E-state index contributed by atoms with van der Waals surface area (Å²) in [5, 5.41) is 19.7. The number of nitrogens with one attached hydrogen (secondary N) is 2. The number of carbonyl (C=O) groups is 2.